The molecule has 17 heavy (non-hydrogen) atoms. The van der Waals surface area contributed by atoms with Gasteiger partial charge in [-0.3, -0.25) is 4.79 Å². The van der Waals surface area contributed by atoms with Gasteiger partial charge in [0.2, 0.25) is 0 Å². The molecule has 0 aromatic heterocycles. The molecule has 0 amide bonds. The van der Waals surface area contributed by atoms with Crippen LogP contribution in [0.5, 0.6) is 0 Å². The van der Waals surface area contributed by atoms with Crippen molar-refractivity contribution in [2.75, 3.05) is 5.32 Å². The molecule has 2 atom stereocenters. The van der Waals surface area contributed by atoms with E-state index in [1.807, 2.05) is 0 Å². The van der Waals surface area contributed by atoms with Crippen LogP contribution < -0.4 is 5.32 Å². The van der Waals surface area contributed by atoms with E-state index in [9.17, 15) is 13.2 Å². The first-order valence-electron chi connectivity index (χ1n) is 4.87. The SMILES string of the molecule is CC1Nc2ccc(Br)cc2S(=O)(=O)C1C(=O)O. The number of hydrogen-bond donors (Lipinski definition) is 2. The molecule has 1 aliphatic heterocycles. The molecule has 2 unspecified atom stereocenters. The van der Waals surface area contributed by atoms with Gasteiger partial charge < -0.3 is 10.4 Å². The highest BCUT2D eigenvalue weighted by atomic mass is 79.9. The third-order valence-electron chi connectivity index (χ3n) is 2.67. The molecule has 2 N–H and O–H groups in total. The van der Waals surface area contributed by atoms with Gasteiger partial charge in [-0.05, 0) is 25.1 Å². The lowest BCUT2D eigenvalue weighted by Crippen LogP contribution is -2.46. The quantitative estimate of drug-likeness (QED) is 0.819. The number of halogens is 1. The average molecular weight is 320 g/mol. The number of fused-ring (bicyclic) bond motifs is 1. The summed E-state index contributed by atoms with van der Waals surface area (Å²) in [7, 11) is -3.85. The van der Waals surface area contributed by atoms with E-state index in [1.54, 1.807) is 19.1 Å². The van der Waals surface area contributed by atoms with Gasteiger partial charge in [0.25, 0.3) is 0 Å². The summed E-state index contributed by atoms with van der Waals surface area (Å²) >= 11 is 3.17. The van der Waals surface area contributed by atoms with Crippen LogP contribution in [0.3, 0.4) is 0 Å². The van der Waals surface area contributed by atoms with Crippen LogP contribution in [0.25, 0.3) is 0 Å². The Morgan fingerprint density at radius 1 is 1.47 bits per heavy atom. The van der Waals surface area contributed by atoms with Crippen molar-refractivity contribution in [1.29, 1.82) is 0 Å². The largest absolute Gasteiger partial charge is 0.480 e. The van der Waals surface area contributed by atoms with E-state index in [0.29, 0.717) is 10.2 Å². The van der Waals surface area contributed by atoms with Crippen molar-refractivity contribution in [2.45, 2.75) is 23.1 Å². The number of carboxylic acid groups (broad SMARTS) is 1. The minimum Gasteiger partial charge on any atom is -0.480 e. The first kappa shape index (κ1) is 12.4. The lowest BCUT2D eigenvalue weighted by atomic mass is 10.2. The fourth-order valence-corrected chi connectivity index (χ4v) is 4.31. The van der Waals surface area contributed by atoms with Crippen LogP contribution in [0.2, 0.25) is 0 Å². The number of aliphatic carboxylic acids is 1. The van der Waals surface area contributed by atoms with Crippen molar-refractivity contribution in [3.05, 3.63) is 22.7 Å². The van der Waals surface area contributed by atoms with Crippen LogP contribution in [0.1, 0.15) is 6.92 Å². The monoisotopic (exact) mass is 319 g/mol. The summed E-state index contributed by atoms with van der Waals surface area (Å²) < 4.78 is 24.9. The summed E-state index contributed by atoms with van der Waals surface area (Å²) in [6, 6.07) is 4.08. The Morgan fingerprint density at radius 3 is 2.71 bits per heavy atom. The molecule has 1 aromatic carbocycles. The first-order valence-corrected chi connectivity index (χ1v) is 7.21. The lowest BCUT2D eigenvalue weighted by Gasteiger charge is -2.29. The summed E-state index contributed by atoms with van der Waals surface area (Å²) in [5, 5.41) is 10.4. The molecule has 92 valence electrons. The molecule has 5 nitrogen and oxygen atoms in total. The maximum absolute atomic E-state index is 12.2. The second-order valence-corrected chi connectivity index (χ2v) is 6.83. The summed E-state index contributed by atoms with van der Waals surface area (Å²) in [6.45, 7) is 1.54. The molecule has 0 radical (unpaired) electrons. The van der Waals surface area contributed by atoms with Crippen LogP contribution in [0, 0.1) is 0 Å². The van der Waals surface area contributed by atoms with Crippen molar-refractivity contribution in [2.24, 2.45) is 0 Å². The van der Waals surface area contributed by atoms with E-state index in [2.05, 4.69) is 21.2 Å². The van der Waals surface area contributed by atoms with E-state index < -0.39 is 27.1 Å². The molecule has 1 aromatic rings. The Morgan fingerprint density at radius 2 is 2.12 bits per heavy atom. The number of anilines is 1. The van der Waals surface area contributed by atoms with Gasteiger partial charge in [-0.2, -0.15) is 0 Å². The number of hydrogen-bond acceptors (Lipinski definition) is 4. The van der Waals surface area contributed by atoms with Crippen molar-refractivity contribution < 1.29 is 18.3 Å². The van der Waals surface area contributed by atoms with Crippen LogP contribution >= 0.6 is 15.9 Å². The third kappa shape index (κ3) is 1.93. The van der Waals surface area contributed by atoms with Crippen molar-refractivity contribution >= 4 is 37.4 Å². The zero-order valence-electron chi connectivity index (χ0n) is 8.84. The maximum atomic E-state index is 12.2. The van der Waals surface area contributed by atoms with E-state index in [-0.39, 0.29) is 4.90 Å². The van der Waals surface area contributed by atoms with Gasteiger partial charge in [0.05, 0.1) is 16.6 Å². The highest BCUT2D eigenvalue weighted by Crippen LogP contribution is 2.34. The van der Waals surface area contributed by atoms with Crippen LogP contribution in [-0.2, 0) is 14.6 Å². The van der Waals surface area contributed by atoms with Crippen LogP contribution in [0.15, 0.2) is 27.6 Å². The summed E-state index contributed by atoms with van der Waals surface area (Å²) in [5.74, 6) is -1.34. The fourth-order valence-electron chi connectivity index (χ4n) is 1.92. The maximum Gasteiger partial charge on any atom is 0.324 e. The van der Waals surface area contributed by atoms with Gasteiger partial charge in [0.15, 0.2) is 15.1 Å². The number of carbonyl (C=O) groups is 1. The molecule has 0 saturated carbocycles. The van der Waals surface area contributed by atoms with Crippen molar-refractivity contribution in [3.8, 4) is 0 Å². The van der Waals surface area contributed by atoms with E-state index in [1.165, 1.54) is 6.07 Å². The minimum absolute atomic E-state index is 0.0253. The van der Waals surface area contributed by atoms with Gasteiger partial charge in [0, 0.05) is 4.47 Å². The average Bonchev–Trinajstić information content (AvgIpc) is 2.18. The Kier molecular flexibility index (Phi) is 2.90. The molecule has 0 bridgehead atoms. The second-order valence-electron chi connectivity index (χ2n) is 3.88. The third-order valence-corrected chi connectivity index (χ3v) is 5.39. The molecule has 2 rings (SSSR count). The number of carboxylic acids is 1. The topological polar surface area (TPSA) is 83.5 Å². The van der Waals surface area contributed by atoms with Crippen molar-refractivity contribution in [1.82, 2.24) is 0 Å². The summed E-state index contributed by atoms with van der Waals surface area (Å²) in [6.07, 6.45) is 0. The summed E-state index contributed by atoms with van der Waals surface area (Å²) in [5.41, 5.74) is 0.443. The predicted octanol–water partition coefficient (Wildman–Crippen LogP) is 1.49. The van der Waals surface area contributed by atoms with Crippen LogP contribution in [0.4, 0.5) is 5.69 Å². The molecule has 0 spiro atoms. The smallest absolute Gasteiger partial charge is 0.324 e. The molecular weight excluding hydrogens is 310 g/mol. The van der Waals surface area contributed by atoms with Crippen molar-refractivity contribution in [3.63, 3.8) is 0 Å². The van der Waals surface area contributed by atoms with Gasteiger partial charge in [-0.25, -0.2) is 8.42 Å². The number of benzene rings is 1. The fraction of sp³-hybridized carbons (Fsp3) is 0.300. The molecule has 0 fully saturated rings. The van der Waals surface area contributed by atoms with Gasteiger partial charge in [-0.1, -0.05) is 15.9 Å². The predicted molar refractivity (Wildman–Crippen MR) is 65.8 cm³/mol. The lowest BCUT2D eigenvalue weighted by molar-refractivity contribution is -0.136. The van der Waals surface area contributed by atoms with Gasteiger partial charge in [-0.15, -0.1) is 0 Å². The highest BCUT2D eigenvalue weighted by molar-refractivity contribution is 9.10. The number of rotatable bonds is 1. The Balaban J connectivity index is 2.68. The number of sulfone groups is 1. The first-order chi connectivity index (χ1) is 7.84. The van der Waals surface area contributed by atoms with Crippen LogP contribution in [-0.4, -0.2) is 30.8 Å². The van der Waals surface area contributed by atoms with E-state index >= 15 is 0 Å². The Hall–Kier alpha value is -1.08. The number of nitrogens with one attached hydrogen (secondary N) is 1. The standard InChI is InChI=1S/C10H10BrNO4S/c1-5-9(10(13)14)17(15,16)8-4-6(11)2-3-7(8)12-5/h2-5,9,12H,1H3,(H,13,14). The second kappa shape index (κ2) is 3.99. The van der Waals surface area contributed by atoms with E-state index in [4.69, 9.17) is 5.11 Å². The zero-order chi connectivity index (χ0) is 12.8. The summed E-state index contributed by atoms with van der Waals surface area (Å²) in [4.78, 5) is 11.1. The Bertz CT molecular complexity index is 584. The molecule has 1 aliphatic rings. The molecule has 7 heteroatoms. The molecular formula is C10H10BrNO4S. The van der Waals surface area contributed by atoms with Gasteiger partial charge >= 0.3 is 5.97 Å². The molecule has 1 heterocycles. The molecule has 0 aliphatic carbocycles. The normalized spacial score (nSPS) is 25.8. The Labute approximate surface area is 107 Å². The minimum atomic E-state index is -3.85. The highest BCUT2D eigenvalue weighted by Gasteiger charge is 2.43. The van der Waals surface area contributed by atoms with E-state index in [0.717, 1.165) is 0 Å². The zero-order valence-corrected chi connectivity index (χ0v) is 11.2. The van der Waals surface area contributed by atoms with Gasteiger partial charge in [0.1, 0.15) is 0 Å². The molecule has 0 saturated heterocycles.